The number of nitrogens with zero attached hydrogens (tertiary/aromatic N) is 1. The molecule has 0 N–H and O–H groups in total. The maximum absolute atomic E-state index is 12.2. The van der Waals surface area contributed by atoms with Gasteiger partial charge in [0, 0.05) is 20.0 Å². The molecule has 0 atom stereocenters. The molecule has 1 heterocycles. The van der Waals surface area contributed by atoms with Crippen LogP contribution in [0.2, 0.25) is 0 Å². The molecule has 0 aliphatic heterocycles. The van der Waals surface area contributed by atoms with Gasteiger partial charge in [-0.15, -0.1) is 0 Å². The van der Waals surface area contributed by atoms with Crippen molar-refractivity contribution >= 4 is 48.7 Å². The van der Waals surface area contributed by atoms with Gasteiger partial charge in [0.1, 0.15) is 0 Å². The molecule has 1 aromatic heterocycles. The van der Waals surface area contributed by atoms with Crippen molar-refractivity contribution in [3.8, 4) is 0 Å². The Labute approximate surface area is 128 Å². The third-order valence-electron chi connectivity index (χ3n) is 2.52. The number of hydrogen-bond acceptors (Lipinski definition) is 3. The number of pyridine rings is 1. The average molecular weight is 387 g/mol. The smallest absolute Gasteiger partial charge is 0.339 e. The number of carbonyl (C=O) groups is 1. The van der Waals surface area contributed by atoms with E-state index in [9.17, 15) is 4.79 Å². The van der Waals surface area contributed by atoms with Gasteiger partial charge in [0.2, 0.25) is 0 Å². The van der Waals surface area contributed by atoms with Crippen LogP contribution in [0.1, 0.15) is 29.9 Å². The van der Waals surface area contributed by atoms with E-state index >= 15 is 0 Å². The molecule has 0 saturated carbocycles. The van der Waals surface area contributed by atoms with Crippen molar-refractivity contribution in [1.82, 2.24) is 4.98 Å². The maximum atomic E-state index is 12.2. The highest BCUT2D eigenvalue weighted by atomic mass is 79.9. The highest BCUT2D eigenvalue weighted by molar-refractivity contribution is 9.11. The van der Waals surface area contributed by atoms with Crippen LogP contribution in [0.15, 0.2) is 27.1 Å². The zero-order chi connectivity index (χ0) is 14.2. The summed E-state index contributed by atoms with van der Waals surface area (Å²) in [6.07, 6.45) is -0.147. The number of ether oxygens (including phenoxy) is 1. The molecule has 5 heteroatoms. The normalized spacial score (nSPS) is 11.1. The lowest BCUT2D eigenvalue weighted by molar-refractivity contribution is 0.0380. The van der Waals surface area contributed by atoms with Gasteiger partial charge in [0.05, 0.1) is 17.2 Å². The molecule has 0 fully saturated rings. The fourth-order valence-electron chi connectivity index (χ4n) is 1.83. The van der Waals surface area contributed by atoms with Crippen LogP contribution in [0.25, 0.3) is 10.9 Å². The zero-order valence-corrected chi connectivity index (χ0v) is 14.0. The summed E-state index contributed by atoms with van der Waals surface area (Å²) < 4.78 is 7.01. The van der Waals surface area contributed by atoms with Crippen molar-refractivity contribution in [2.24, 2.45) is 0 Å². The van der Waals surface area contributed by atoms with Crippen LogP contribution >= 0.6 is 31.9 Å². The highest BCUT2D eigenvalue weighted by Gasteiger charge is 2.16. The van der Waals surface area contributed by atoms with E-state index in [1.807, 2.05) is 32.9 Å². The molecule has 0 bridgehead atoms. The van der Waals surface area contributed by atoms with Crippen LogP contribution in [-0.4, -0.2) is 17.1 Å². The molecule has 0 radical (unpaired) electrons. The molecule has 0 aliphatic rings. The molecule has 0 spiro atoms. The van der Waals surface area contributed by atoms with Gasteiger partial charge in [0.25, 0.3) is 0 Å². The van der Waals surface area contributed by atoms with Crippen molar-refractivity contribution in [2.75, 3.05) is 0 Å². The Bertz CT molecular complexity index is 653. The number of fused-ring (bicyclic) bond motifs is 1. The molecule has 0 amide bonds. The standard InChI is InChI=1S/C14H13Br2NO2/c1-7(2)19-14(18)11-4-8(3)17-13-10(11)5-9(15)6-12(13)16/h4-7H,1-3H3. The van der Waals surface area contributed by atoms with Crippen molar-refractivity contribution in [2.45, 2.75) is 26.9 Å². The summed E-state index contributed by atoms with van der Waals surface area (Å²) >= 11 is 6.90. The quantitative estimate of drug-likeness (QED) is 0.706. The van der Waals surface area contributed by atoms with Crippen LogP contribution in [0.3, 0.4) is 0 Å². The van der Waals surface area contributed by atoms with Crippen LogP contribution in [-0.2, 0) is 4.74 Å². The molecule has 0 saturated heterocycles. The molecule has 0 unspecified atom stereocenters. The average Bonchev–Trinajstić information content (AvgIpc) is 2.28. The summed E-state index contributed by atoms with van der Waals surface area (Å²) in [5.41, 5.74) is 2.09. The number of aromatic nitrogens is 1. The molecule has 1 aromatic carbocycles. The summed E-state index contributed by atoms with van der Waals surface area (Å²) in [4.78, 5) is 16.6. The van der Waals surface area contributed by atoms with Gasteiger partial charge in [-0.25, -0.2) is 4.79 Å². The third-order valence-corrected chi connectivity index (χ3v) is 3.58. The second kappa shape index (κ2) is 5.59. The van der Waals surface area contributed by atoms with Crippen LogP contribution in [0, 0.1) is 6.92 Å². The van der Waals surface area contributed by atoms with Crippen LogP contribution < -0.4 is 0 Å². The molecule has 3 nitrogen and oxygen atoms in total. The first-order valence-corrected chi connectivity index (χ1v) is 7.44. The Balaban J connectivity index is 2.69. The summed E-state index contributed by atoms with van der Waals surface area (Å²) in [6.45, 7) is 5.53. The van der Waals surface area contributed by atoms with Gasteiger partial charge in [-0.05, 0) is 54.9 Å². The molecule has 2 rings (SSSR count). The van der Waals surface area contributed by atoms with E-state index in [2.05, 4.69) is 36.8 Å². The highest BCUT2D eigenvalue weighted by Crippen LogP contribution is 2.30. The number of halogens is 2. The first-order valence-electron chi connectivity index (χ1n) is 5.86. The third kappa shape index (κ3) is 3.15. The topological polar surface area (TPSA) is 39.2 Å². The number of aryl methyl sites for hydroxylation is 1. The number of benzene rings is 1. The molecular formula is C14H13Br2NO2. The van der Waals surface area contributed by atoms with E-state index in [1.54, 1.807) is 6.07 Å². The molecule has 0 aliphatic carbocycles. The Morgan fingerprint density at radius 1 is 1.26 bits per heavy atom. The Kier molecular flexibility index (Phi) is 4.26. The molecule has 100 valence electrons. The zero-order valence-electron chi connectivity index (χ0n) is 10.8. The van der Waals surface area contributed by atoms with Gasteiger partial charge in [-0.2, -0.15) is 0 Å². The van der Waals surface area contributed by atoms with Gasteiger partial charge in [-0.3, -0.25) is 4.98 Å². The van der Waals surface area contributed by atoms with E-state index in [4.69, 9.17) is 4.74 Å². The van der Waals surface area contributed by atoms with Gasteiger partial charge < -0.3 is 4.74 Å². The Hall–Kier alpha value is -0.940. The first kappa shape index (κ1) is 14.5. The predicted molar refractivity (Wildman–Crippen MR) is 82.4 cm³/mol. The summed E-state index contributed by atoms with van der Waals surface area (Å²) in [5, 5.41) is 0.775. The Morgan fingerprint density at radius 2 is 1.95 bits per heavy atom. The lowest BCUT2D eigenvalue weighted by atomic mass is 10.1. The fraction of sp³-hybridized carbons (Fsp3) is 0.286. The van der Waals surface area contributed by atoms with Crippen molar-refractivity contribution in [3.63, 3.8) is 0 Å². The summed E-state index contributed by atoms with van der Waals surface area (Å²) in [6, 6.07) is 5.54. The van der Waals surface area contributed by atoms with Crippen molar-refractivity contribution in [1.29, 1.82) is 0 Å². The first-order chi connectivity index (χ1) is 8.88. The van der Waals surface area contributed by atoms with E-state index < -0.39 is 0 Å². The van der Waals surface area contributed by atoms with Gasteiger partial charge in [0.15, 0.2) is 0 Å². The monoisotopic (exact) mass is 385 g/mol. The minimum atomic E-state index is -0.324. The van der Waals surface area contributed by atoms with Crippen LogP contribution in [0.4, 0.5) is 0 Å². The predicted octanol–water partition coefficient (Wildman–Crippen LogP) is 4.63. The lowest BCUT2D eigenvalue weighted by Gasteiger charge is -2.11. The van der Waals surface area contributed by atoms with E-state index in [-0.39, 0.29) is 12.1 Å². The van der Waals surface area contributed by atoms with Crippen LogP contribution in [0.5, 0.6) is 0 Å². The minimum absolute atomic E-state index is 0.147. The van der Waals surface area contributed by atoms with Gasteiger partial charge in [-0.1, -0.05) is 15.9 Å². The summed E-state index contributed by atoms with van der Waals surface area (Å²) in [7, 11) is 0. The molecular weight excluding hydrogens is 374 g/mol. The second-order valence-electron chi connectivity index (χ2n) is 4.55. The molecule has 2 aromatic rings. The van der Waals surface area contributed by atoms with E-state index in [1.165, 1.54) is 0 Å². The maximum Gasteiger partial charge on any atom is 0.339 e. The van der Waals surface area contributed by atoms with Crippen molar-refractivity contribution < 1.29 is 9.53 Å². The Morgan fingerprint density at radius 3 is 2.58 bits per heavy atom. The number of rotatable bonds is 2. The lowest BCUT2D eigenvalue weighted by Crippen LogP contribution is -2.12. The van der Waals surface area contributed by atoms with Crippen molar-refractivity contribution in [3.05, 3.63) is 38.4 Å². The number of hydrogen-bond donors (Lipinski definition) is 0. The van der Waals surface area contributed by atoms with Gasteiger partial charge >= 0.3 is 5.97 Å². The number of esters is 1. The molecule has 19 heavy (non-hydrogen) atoms. The number of carbonyl (C=O) groups excluding carboxylic acids is 1. The summed E-state index contributed by atoms with van der Waals surface area (Å²) in [5.74, 6) is -0.324. The SMILES string of the molecule is Cc1cc(C(=O)OC(C)C)c2cc(Br)cc(Br)c2n1. The minimum Gasteiger partial charge on any atom is -0.459 e. The fourth-order valence-corrected chi connectivity index (χ4v) is 3.14. The van der Waals surface area contributed by atoms with E-state index in [0.717, 1.165) is 25.5 Å². The largest absolute Gasteiger partial charge is 0.459 e. The second-order valence-corrected chi connectivity index (χ2v) is 6.32. The van der Waals surface area contributed by atoms with E-state index in [0.29, 0.717) is 5.56 Å².